The average molecular weight is 113 g/mol. The van der Waals surface area contributed by atoms with Gasteiger partial charge in [-0.2, -0.15) is 0 Å². The van der Waals surface area contributed by atoms with Gasteiger partial charge in [0, 0.05) is 0 Å². The fourth-order valence-electron chi connectivity index (χ4n) is 0. The van der Waals surface area contributed by atoms with Crippen LogP contribution in [0.4, 0.5) is 0 Å². The largest absolute Gasteiger partial charge is 1.00 e. The summed E-state index contributed by atoms with van der Waals surface area (Å²) in [5, 5.41) is 8.93. The van der Waals surface area contributed by atoms with Crippen LogP contribution in [0, 0.1) is 0 Å². The van der Waals surface area contributed by atoms with Crippen molar-refractivity contribution < 1.29 is 39.5 Å². The number of carbonyl (C=O) groups is 1. The zero-order valence-electron chi connectivity index (χ0n) is 4.68. The van der Waals surface area contributed by atoms with Gasteiger partial charge in [0.05, 0.1) is 0 Å². The molecule has 0 radical (unpaired) electrons. The molecule has 0 aromatic rings. The minimum atomic E-state index is 0. The SMILES string of the molecule is CC[O-].NC=O.[Na+]. The van der Waals surface area contributed by atoms with Crippen molar-refractivity contribution in [1.82, 2.24) is 0 Å². The molecule has 0 atom stereocenters. The summed E-state index contributed by atoms with van der Waals surface area (Å²) >= 11 is 0. The van der Waals surface area contributed by atoms with E-state index in [4.69, 9.17) is 9.90 Å². The van der Waals surface area contributed by atoms with E-state index in [0.717, 1.165) is 0 Å². The zero-order valence-corrected chi connectivity index (χ0v) is 6.68. The van der Waals surface area contributed by atoms with Crippen molar-refractivity contribution in [3.63, 3.8) is 0 Å². The first-order chi connectivity index (χ1) is 2.83. The molecule has 38 valence electrons. The van der Waals surface area contributed by atoms with Gasteiger partial charge in [0.2, 0.25) is 6.41 Å². The van der Waals surface area contributed by atoms with E-state index in [1.165, 1.54) is 0 Å². The number of rotatable bonds is 0. The maximum Gasteiger partial charge on any atom is 1.00 e. The molecule has 0 saturated heterocycles. The summed E-state index contributed by atoms with van der Waals surface area (Å²) < 4.78 is 0. The van der Waals surface area contributed by atoms with Crippen LogP contribution in [0.15, 0.2) is 0 Å². The van der Waals surface area contributed by atoms with Crippen LogP contribution in [0.5, 0.6) is 0 Å². The van der Waals surface area contributed by atoms with Crippen LogP contribution in [0.3, 0.4) is 0 Å². The molecule has 2 N–H and O–H groups in total. The number of hydrogen-bond acceptors (Lipinski definition) is 2. The van der Waals surface area contributed by atoms with Crippen molar-refractivity contribution in [2.24, 2.45) is 5.73 Å². The molecule has 0 spiro atoms. The van der Waals surface area contributed by atoms with E-state index in [-0.39, 0.29) is 42.6 Å². The van der Waals surface area contributed by atoms with Crippen molar-refractivity contribution in [3.8, 4) is 0 Å². The first-order valence-electron chi connectivity index (χ1n) is 1.56. The standard InChI is InChI=1S/C2H5O.CH3NO.Na/c1-2-3;2-1-3;/h2H2,1H3;1H,(H2,2,3);/q-1;;+1. The van der Waals surface area contributed by atoms with E-state index in [2.05, 4.69) is 5.73 Å². The molecule has 0 aromatic carbocycles. The number of carbonyl (C=O) groups excluding carboxylic acids is 1. The van der Waals surface area contributed by atoms with Crippen LogP contribution in [-0.4, -0.2) is 13.0 Å². The minimum Gasteiger partial charge on any atom is -0.855 e. The molecule has 0 aliphatic rings. The Morgan fingerprint density at radius 1 is 1.86 bits per heavy atom. The predicted octanol–water partition coefficient (Wildman–Crippen LogP) is -4.53. The first kappa shape index (κ1) is 15.7. The first-order valence-corrected chi connectivity index (χ1v) is 1.56. The Bertz CT molecular complexity index is 26.9. The molecule has 0 fully saturated rings. The number of hydrogen-bond donors (Lipinski definition) is 1. The van der Waals surface area contributed by atoms with Crippen molar-refractivity contribution >= 4 is 6.41 Å². The molecule has 3 nitrogen and oxygen atoms in total. The molecule has 0 aliphatic carbocycles. The quantitative estimate of drug-likeness (QED) is 0.254. The maximum absolute atomic E-state index is 8.93. The number of nitrogens with two attached hydrogens (primary N) is 1. The van der Waals surface area contributed by atoms with Crippen LogP contribution >= 0.6 is 0 Å². The Kier molecular flexibility index (Phi) is 71.8. The molecule has 0 aromatic heterocycles. The predicted molar refractivity (Wildman–Crippen MR) is 20.8 cm³/mol. The molecule has 0 rings (SSSR count). The van der Waals surface area contributed by atoms with E-state index >= 15 is 0 Å². The third kappa shape index (κ3) is 682. The maximum atomic E-state index is 8.93. The van der Waals surface area contributed by atoms with Gasteiger partial charge in [0.15, 0.2) is 0 Å². The second-order valence-electron chi connectivity index (χ2n) is 0.425. The molecule has 0 heterocycles. The van der Waals surface area contributed by atoms with Gasteiger partial charge in [-0.15, -0.1) is 6.61 Å². The monoisotopic (exact) mass is 113 g/mol. The second-order valence-corrected chi connectivity index (χ2v) is 0.425. The Balaban J connectivity index is -0.0000000400. The van der Waals surface area contributed by atoms with Gasteiger partial charge in [-0.3, -0.25) is 4.79 Å². The van der Waals surface area contributed by atoms with Gasteiger partial charge in [0.1, 0.15) is 0 Å². The summed E-state index contributed by atoms with van der Waals surface area (Å²) in [5.74, 6) is 0. The molecular formula is C3H8NNaO2. The second kappa shape index (κ2) is 32.1. The summed E-state index contributed by atoms with van der Waals surface area (Å²) in [6.07, 6.45) is 0.250. The summed E-state index contributed by atoms with van der Waals surface area (Å²) in [7, 11) is 0. The van der Waals surface area contributed by atoms with Crippen molar-refractivity contribution in [2.75, 3.05) is 6.61 Å². The molecule has 7 heavy (non-hydrogen) atoms. The van der Waals surface area contributed by atoms with E-state index in [0.29, 0.717) is 0 Å². The van der Waals surface area contributed by atoms with Gasteiger partial charge in [-0.25, -0.2) is 0 Å². The van der Waals surface area contributed by atoms with Gasteiger partial charge in [-0.1, -0.05) is 6.92 Å². The summed E-state index contributed by atoms with van der Waals surface area (Å²) in [6, 6.07) is 0. The Morgan fingerprint density at radius 3 is 1.86 bits per heavy atom. The van der Waals surface area contributed by atoms with Crippen LogP contribution in [0.2, 0.25) is 0 Å². The van der Waals surface area contributed by atoms with Crippen LogP contribution in [0.1, 0.15) is 6.92 Å². The third-order valence-electron chi connectivity index (χ3n) is 0. The van der Waals surface area contributed by atoms with Crippen molar-refractivity contribution in [1.29, 1.82) is 0 Å². The molecule has 0 aliphatic heterocycles. The van der Waals surface area contributed by atoms with E-state index < -0.39 is 0 Å². The average Bonchev–Trinajstić information content (AvgIpc) is 1.39. The normalized spacial score (nSPS) is 4.29. The van der Waals surface area contributed by atoms with Gasteiger partial charge in [-0.05, 0) is 0 Å². The van der Waals surface area contributed by atoms with E-state index in [1.54, 1.807) is 6.92 Å². The Morgan fingerprint density at radius 2 is 1.86 bits per heavy atom. The number of primary amides is 1. The number of amides is 1. The van der Waals surface area contributed by atoms with Gasteiger partial charge in [0.25, 0.3) is 0 Å². The fraction of sp³-hybridized carbons (Fsp3) is 0.667. The smallest absolute Gasteiger partial charge is 0.855 e. The third-order valence-corrected chi connectivity index (χ3v) is 0. The van der Waals surface area contributed by atoms with Crippen LogP contribution in [-0.2, 0) is 4.79 Å². The zero-order chi connectivity index (χ0) is 5.41. The van der Waals surface area contributed by atoms with Gasteiger partial charge >= 0.3 is 29.6 Å². The molecular weight excluding hydrogens is 105 g/mol. The van der Waals surface area contributed by atoms with Crippen LogP contribution < -0.4 is 40.4 Å². The Hall–Kier alpha value is 0.430. The van der Waals surface area contributed by atoms with Gasteiger partial charge < -0.3 is 10.8 Å². The van der Waals surface area contributed by atoms with E-state index in [9.17, 15) is 0 Å². The minimum absolute atomic E-state index is 0. The van der Waals surface area contributed by atoms with Crippen molar-refractivity contribution in [2.45, 2.75) is 6.92 Å². The van der Waals surface area contributed by atoms with Crippen molar-refractivity contribution in [3.05, 3.63) is 0 Å². The molecule has 0 bridgehead atoms. The molecule has 4 heteroatoms. The Labute approximate surface area is 65.2 Å². The van der Waals surface area contributed by atoms with Crippen LogP contribution in [0.25, 0.3) is 0 Å². The molecule has 0 saturated carbocycles. The summed E-state index contributed by atoms with van der Waals surface area (Å²) in [6.45, 7) is 1.57. The fourth-order valence-corrected chi connectivity index (χ4v) is 0. The molecule has 0 unspecified atom stereocenters. The van der Waals surface area contributed by atoms with E-state index in [1.807, 2.05) is 0 Å². The topological polar surface area (TPSA) is 66.2 Å². The summed E-state index contributed by atoms with van der Waals surface area (Å²) in [5.41, 5.74) is 4.17. The summed E-state index contributed by atoms with van der Waals surface area (Å²) in [4.78, 5) is 8.58. The molecule has 1 amide bonds.